The molecule has 3 aliphatic carbocycles. The van der Waals surface area contributed by atoms with Crippen LogP contribution in [0.1, 0.15) is 67.0 Å². The zero-order valence-electron chi connectivity index (χ0n) is 18.5. The van der Waals surface area contributed by atoms with Crippen molar-refractivity contribution in [2.24, 2.45) is 17.8 Å². The summed E-state index contributed by atoms with van der Waals surface area (Å²) in [5.41, 5.74) is 0. The van der Waals surface area contributed by atoms with E-state index >= 15 is 0 Å². The molecule has 1 nitrogen and oxygen atoms in total. The van der Waals surface area contributed by atoms with Crippen LogP contribution < -0.4 is 0 Å². The highest BCUT2D eigenvalue weighted by Gasteiger charge is 2.56. The van der Waals surface area contributed by atoms with E-state index in [1.165, 1.54) is 9.75 Å². The lowest BCUT2D eigenvalue weighted by Crippen LogP contribution is -2.52. The summed E-state index contributed by atoms with van der Waals surface area (Å²) in [6.07, 6.45) is -15.4. The number of thiophene rings is 1. The highest BCUT2D eigenvalue weighted by Crippen LogP contribution is 2.50. The van der Waals surface area contributed by atoms with Crippen LogP contribution in [0.3, 0.4) is 0 Å². The number of aryl methyl sites for hydroxylation is 1. The average molecular weight is 501 g/mol. The van der Waals surface area contributed by atoms with E-state index in [9.17, 15) is 30.7 Å². The van der Waals surface area contributed by atoms with Gasteiger partial charge < -0.3 is 4.74 Å². The minimum absolute atomic E-state index is 0.0914. The molecule has 0 radical (unpaired) electrons. The van der Waals surface area contributed by atoms with Gasteiger partial charge in [0.1, 0.15) is 30.6 Å². The first-order valence-electron chi connectivity index (χ1n) is 11.9. The Balaban J connectivity index is 1.33. The fourth-order valence-electron chi connectivity index (χ4n) is 6.03. The fourth-order valence-corrected chi connectivity index (χ4v) is 7.08. The third-order valence-corrected chi connectivity index (χ3v) is 8.98. The van der Waals surface area contributed by atoms with Crippen LogP contribution in [0.15, 0.2) is 12.1 Å². The number of ether oxygens (including phenoxy) is 1. The predicted molar refractivity (Wildman–Crippen MR) is 114 cm³/mol. The van der Waals surface area contributed by atoms with Crippen LogP contribution in [0.5, 0.6) is 0 Å². The summed E-state index contributed by atoms with van der Waals surface area (Å²) in [6.45, 7) is 2.05. The van der Waals surface area contributed by atoms with Crippen molar-refractivity contribution < 1.29 is 35.5 Å². The molecule has 188 valence electrons. The second-order valence-electron chi connectivity index (χ2n) is 10.1. The van der Waals surface area contributed by atoms with Gasteiger partial charge in [-0.05, 0) is 75.3 Å². The Kier molecular flexibility index (Phi) is 7.68. The van der Waals surface area contributed by atoms with E-state index in [2.05, 4.69) is 23.8 Å². The minimum Gasteiger partial charge on any atom is -0.317 e. The second-order valence-corrected chi connectivity index (χ2v) is 11.4. The molecule has 3 aliphatic rings. The lowest BCUT2D eigenvalue weighted by molar-refractivity contribution is -0.323. The lowest BCUT2D eigenvalue weighted by atomic mass is 9.67. The Hall–Kier alpha value is -0.830. The molecule has 0 N–H and O–H groups in total. The zero-order valence-corrected chi connectivity index (χ0v) is 19.4. The van der Waals surface area contributed by atoms with Gasteiger partial charge in [-0.1, -0.05) is 0 Å². The van der Waals surface area contributed by atoms with Crippen LogP contribution in [-0.2, 0) is 4.74 Å². The largest absolute Gasteiger partial charge is 0.364 e. The van der Waals surface area contributed by atoms with E-state index in [4.69, 9.17) is 0 Å². The summed E-state index contributed by atoms with van der Waals surface area (Å²) in [5.74, 6) is -2.11. The molecule has 0 bridgehead atoms. The summed E-state index contributed by atoms with van der Waals surface area (Å²) in [6, 6.07) is 4.21. The molecule has 3 saturated carbocycles. The molecule has 0 aliphatic heterocycles. The number of hydrogen-bond acceptors (Lipinski definition) is 2. The van der Waals surface area contributed by atoms with Crippen molar-refractivity contribution in [3.8, 4) is 0 Å². The molecule has 9 heteroatoms. The smallest absolute Gasteiger partial charge is 0.317 e. The first kappa shape index (κ1) is 25.3. The third kappa shape index (κ3) is 5.54. The number of rotatable bonds is 5. The standard InChI is InChI=1S/C24H31F7OS/c1-12-2-7-21(33-12)14-5-3-13(4-6-14)15-8-17(25)22(18(26)9-15)24(30,31)32-16-10-19(27)23(29)20(28)11-16/h2,7,13-20,22-23H,3-6,8-11H2,1H3. The minimum atomic E-state index is -4.22. The van der Waals surface area contributed by atoms with Gasteiger partial charge in [0.15, 0.2) is 6.17 Å². The average Bonchev–Trinajstić information content (AvgIpc) is 3.17. The Morgan fingerprint density at radius 3 is 1.88 bits per heavy atom. The van der Waals surface area contributed by atoms with Gasteiger partial charge in [0.2, 0.25) is 0 Å². The van der Waals surface area contributed by atoms with Crippen molar-refractivity contribution in [3.63, 3.8) is 0 Å². The van der Waals surface area contributed by atoms with E-state index in [-0.39, 0.29) is 24.7 Å². The van der Waals surface area contributed by atoms with Crippen LogP contribution in [0, 0.1) is 24.7 Å². The summed E-state index contributed by atoms with van der Waals surface area (Å²) in [5, 5.41) is 0. The van der Waals surface area contributed by atoms with Crippen LogP contribution in [0.25, 0.3) is 0 Å². The number of alkyl halides is 7. The highest BCUT2D eigenvalue weighted by molar-refractivity contribution is 7.12. The second kappa shape index (κ2) is 10.0. The molecular formula is C24H31F7OS. The maximum absolute atomic E-state index is 14.9. The molecule has 0 saturated heterocycles. The monoisotopic (exact) mass is 500 g/mol. The van der Waals surface area contributed by atoms with E-state index in [1.807, 2.05) is 0 Å². The molecule has 1 aromatic rings. The summed E-state index contributed by atoms with van der Waals surface area (Å²) in [4.78, 5) is 2.57. The topological polar surface area (TPSA) is 9.23 Å². The molecule has 4 atom stereocenters. The van der Waals surface area contributed by atoms with Gasteiger partial charge in [-0.2, -0.15) is 8.78 Å². The van der Waals surface area contributed by atoms with E-state index in [0.717, 1.165) is 25.7 Å². The number of halogens is 7. The zero-order chi connectivity index (χ0) is 23.9. The Labute approximate surface area is 194 Å². The van der Waals surface area contributed by atoms with Crippen LogP contribution >= 0.6 is 11.3 Å². The Morgan fingerprint density at radius 1 is 0.788 bits per heavy atom. The van der Waals surface area contributed by atoms with Gasteiger partial charge in [0, 0.05) is 22.6 Å². The van der Waals surface area contributed by atoms with Crippen molar-refractivity contribution in [2.75, 3.05) is 0 Å². The molecule has 4 unspecified atom stereocenters. The van der Waals surface area contributed by atoms with Crippen LogP contribution in [-0.4, -0.2) is 43.1 Å². The van der Waals surface area contributed by atoms with Gasteiger partial charge in [-0.15, -0.1) is 11.3 Å². The van der Waals surface area contributed by atoms with Gasteiger partial charge in [-0.25, -0.2) is 22.0 Å². The van der Waals surface area contributed by atoms with Crippen molar-refractivity contribution in [3.05, 3.63) is 21.9 Å². The normalized spacial score (nSPS) is 42.9. The molecule has 4 rings (SSSR count). The van der Waals surface area contributed by atoms with Crippen LogP contribution in [0.4, 0.5) is 30.7 Å². The van der Waals surface area contributed by atoms with Crippen molar-refractivity contribution >= 4 is 11.3 Å². The highest BCUT2D eigenvalue weighted by atomic mass is 32.1. The van der Waals surface area contributed by atoms with E-state index < -0.39 is 61.8 Å². The maximum atomic E-state index is 14.9. The first-order chi connectivity index (χ1) is 15.5. The first-order valence-corrected chi connectivity index (χ1v) is 12.7. The van der Waals surface area contributed by atoms with Gasteiger partial charge in [0.25, 0.3) is 0 Å². The molecule has 3 fully saturated rings. The summed E-state index contributed by atoms with van der Waals surface area (Å²) < 4.78 is 104. The third-order valence-electron chi connectivity index (χ3n) is 7.82. The summed E-state index contributed by atoms with van der Waals surface area (Å²) in [7, 11) is 0. The SMILES string of the molecule is Cc1ccc(C2CCC(C3CC(F)C(C(F)(F)OC4CC(F)C(F)C(F)C4)C(F)C3)CC2)s1. The van der Waals surface area contributed by atoms with Crippen LogP contribution in [0.2, 0.25) is 0 Å². The van der Waals surface area contributed by atoms with Crippen molar-refractivity contribution in [1.29, 1.82) is 0 Å². The van der Waals surface area contributed by atoms with E-state index in [1.54, 1.807) is 11.3 Å². The molecule has 0 aromatic carbocycles. The van der Waals surface area contributed by atoms with Gasteiger partial charge in [-0.3, -0.25) is 0 Å². The number of hydrogen-bond donors (Lipinski definition) is 0. The maximum Gasteiger partial charge on any atom is 0.364 e. The van der Waals surface area contributed by atoms with Gasteiger partial charge in [0.05, 0.1) is 6.10 Å². The van der Waals surface area contributed by atoms with Gasteiger partial charge >= 0.3 is 6.11 Å². The molecule has 33 heavy (non-hydrogen) atoms. The van der Waals surface area contributed by atoms with E-state index in [0.29, 0.717) is 5.92 Å². The van der Waals surface area contributed by atoms with Crippen molar-refractivity contribution in [1.82, 2.24) is 0 Å². The molecular weight excluding hydrogens is 469 g/mol. The Morgan fingerprint density at radius 2 is 1.36 bits per heavy atom. The quantitative estimate of drug-likeness (QED) is 0.375. The fraction of sp³-hybridized carbons (Fsp3) is 0.833. The Bertz CT molecular complexity index is 757. The van der Waals surface area contributed by atoms with Crippen molar-refractivity contribution in [2.45, 2.75) is 107 Å². The predicted octanol–water partition coefficient (Wildman–Crippen LogP) is 7.82. The molecule has 1 heterocycles. The lowest BCUT2D eigenvalue weighted by Gasteiger charge is -2.43. The molecule has 0 spiro atoms. The molecule has 0 amide bonds. The summed E-state index contributed by atoms with van der Waals surface area (Å²) >= 11 is 1.76. The molecule has 1 aromatic heterocycles.